The van der Waals surface area contributed by atoms with Crippen LogP contribution >= 0.6 is 39.1 Å². The molecule has 0 saturated carbocycles. The van der Waals surface area contributed by atoms with Gasteiger partial charge in [-0.05, 0) is 24.6 Å². The largest absolute Gasteiger partial charge is 0.385 e. The Hall–Kier alpha value is 0.150. The molecule has 0 spiro atoms. The molecule has 0 radical (unpaired) electrons. The number of nitrogens with one attached hydrogen (secondary N) is 1. The zero-order valence-electron chi connectivity index (χ0n) is 10.2. The van der Waals surface area contributed by atoms with Gasteiger partial charge in [0.05, 0.1) is 5.02 Å². The van der Waals surface area contributed by atoms with Gasteiger partial charge in [-0.1, -0.05) is 27.5 Å². The molecule has 1 aromatic carbocycles. The van der Waals surface area contributed by atoms with Crippen LogP contribution in [0.4, 0.5) is 0 Å². The summed E-state index contributed by atoms with van der Waals surface area (Å²) in [6.45, 7) is 0.425. The highest BCUT2D eigenvalue weighted by molar-refractivity contribution is 9.10. The third kappa shape index (κ3) is 5.21. The van der Waals surface area contributed by atoms with Crippen molar-refractivity contribution in [2.75, 3.05) is 19.6 Å². The van der Waals surface area contributed by atoms with Crippen LogP contribution in [-0.4, -0.2) is 34.1 Å². The summed E-state index contributed by atoms with van der Waals surface area (Å²) >= 11 is 14.9. The van der Waals surface area contributed by atoms with E-state index >= 15 is 0 Å². The summed E-state index contributed by atoms with van der Waals surface area (Å²) < 4.78 is 32.5. The molecule has 108 valence electrons. The van der Waals surface area contributed by atoms with Crippen molar-refractivity contribution >= 4 is 49.2 Å². The maximum absolute atomic E-state index is 12.2. The quantitative estimate of drug-likeness (QED) is 0.728. The molecule has 0 bridgehead atoms. The van der Waals surface area contributed by atoms with E-state index in [0.717, 1.165) is 0 Å². The molecule has 1 atom stereocenters. The molecular weight excluding hydrogens is 377 g/mol. The molecule has 1 aromatic rings. The van der Waals surface area contributed by atoms with Crippen LogP contribution in [-0.2, 0) is 14.8 Å². The van der Waals surface area contributed by atoms with Crippen LogP contribution in [0.2, 0.25) is 5.02 Å². The number of ether oxygens (including phenoxy) is 1. The molecule has 0 aliphatic carbocycles. The van der Waals surface area contributed by atoms with Gasteiger partial charge in [-0.3, -0.25) is 0 Å². The minimum atomic E-state index is -3.69. The zero-order valence-corrected chi connectivity index (χ0v) is 14.1. The Morgan fingerprint density at radius 1 is 1.47 bits per heavy atom. The van der Waals surface area contributed by atoms with Gasteiger partial charge < -0.3 is 4.74 Å². The van der Waals surface area contributed by atoms with Gasteiger partial charge in [-0.25, -0.2) is 13.1 Å². The molecule has 19 heavy (non-hydrogen) atoms. The summed E-state index contributed by atoms with van der Waals surface area (Å²) in [5.74, 6) is 0.163. The van der Waals surface area contributed by atoms with E-state index in [-0.39, 0.29) is 15.8 Å². The minimum absolute atomic E-state index is 0.0323. The molecule has 0 fully saturated rings. The lowest BCUT2D eigenvalue weighted by atomic mass is 10.3. The zero-order chi connectivity index (χ0) is 14.5. The number of methoxy groups -OCH3 is 1. The van der Waals surface area contributed by atoms with Gasteiger partial charge in [-0.2, -0.15) is 0 Å². The number of alkyl halides is 1. The molecular formula is C11H14BrCl2NO3S. The van der Waals surface area contributed by atoms with E-state index in [1.165, 1.54) is 12.1 Å². The first-order valence-corrected chi connectivity index (χ1v) is 8.62. The highest BCUT2D eigenvalue weighted by atomic mass is 79.9. The molecule has 1 N–H and O–H groups in total. The normalized spacial score (nSPS) is 13.5. The molecule has 0 aromatic heterocycles. The first-order chi connectivity index (χ1) is 8.90. The number of halogens is 3. The van der Waals surface area contributed by atoms with E-state index < -0.39 is 16.1 Å². The van der Waals surface area contributed by atoms with Crippen molar-refractivity contribution in [2.45, 2.75) is 17.4 Å². The summed E-state index contributed by atoms with van der Waals surface area (Å²) in [6.07, 6.45) is 0.493. The van der Waals surface area contributed by atoms with Gasteiger partial charge >= 0.3 is 0 Å². The van der Waals surface area contributed by atoms with Crippen LogP contribution in [0.3, 0.4) is 0 Å². The molecule has 0 heterocycles. The summed E-state index contributed by atoms with van der Waals surface area (Å²) in [4.78, 5) is 0.0323. The van der Waals surface area contributed by atoms with Crippen molar-refractivity contribution < 1.29 is 13.2 Å². The lowest BCUT2D eigenvalue weighted by molar-refractivity contribution is 0.188. The first kappa shape index (κ1) is 17.2. The van der Waals surface area contributed by atoms with Crippen LogP contribution in [0.1, 0.15) is 6.42 Å². The SMILES string of the molecule is COCCC(CCl)NS(=O)(=O)c1ccc(Br)cc1Cl. The highest BCUT2D eigenvalue weighted by Crippen LogP contribution is 2.25. The lowest BCUT2D eigenvalue weighted by Gasteiger charge is -2.16. The fraction of sp³-hybridized carbons (Fsp3) is 0.455. The van der Waals surface area contributed by atoms with E-state index in [2.05, 4.69) is 20.7 Å². The maximum Gasteiger partial charge on any atom is 0.242 e. The van der Waals surface area contributed by atoms with Crippen molar-refractivity contribution in [1.82, 2.24) is 4.72 Å². The van der Waals surface area contributed by atoms with Crippen LogP contribution in [0.5, 0.6) is 0 Å². The second-order valence-electron chi connectivity index (χ2n) is 3.83. The summed E-state index contributed by atoms with van der Waals surface area (Å²) in [5, 5.41) is 0.155. The lowest BCUT2D eigenvalue weighted by Crippen LogP contribution is -2.37. The Balaban J connectivity index is 2.90. The molecule has 1 rings (SSSR count). The average molecular weight is 391 g/mol. The van der Waals surface area contributed by atoms with E-state index in [1.807, 2.05) is 0 Å². The van der Waals surface area contributed by atoms with Gasteiger partial charge in [0.25, 0.3) is 0 Å². The van der Waals surface area contributed by atoms with Gasteiger partial charge in [0.2, 0.25) is 10.0 Å². The van der Waals surface area contributed by atoms with E-state index in [0.29, 0.717) is 17.5 Å². The summed E-state index contributed by atoms with van der Waals surface area (Å²) in [5.41, 5.74) is 0. The summed E-state index contributed by atoms with van der Waals surface area (Å²) in [7, 11) is -2.15. The van der Waals surface area contributed by atoms with E-state index in [1.54, 1.807) is 13.2 Å². The second kappa shape index (κ2) is 7.81. The van der Waals surface area contributed by atoms with Crippen molar-refractivity contribution in [2.24, 2.45) is 0 Å². The van der Waals surface area contributed by atoms with Crippen LogP contribution in [0, 0.1) is 0 Å². The topological polar surface area (TPSA) is 55.4 Å². The van der Waals surface area contributed by atoms with Gasteiger partial charge in [-0.15, -0.1) is 11.6 Å². The number of hydrogen-bond donors (Lipinski definition) is 1. The Kier molecular flexibility index (Phi) is 7.07. The Labute approximate surface area is 131 Å². The standard InChI is InChI=1S/C11H14BrCl2NO3S/c1-18-5-4-9(7-13)15-19(16,17)11-3-2-8(12)6-10(11)14/h2-3,6,9,15H,4-5,7H2,1H3. The molecule has 8 heteroatoms. The van der Waals surface area contributed by atoms with Gasteiger partial charge in [0.15, 0.2) is 0 Å². The van der Waals surface area contributed by atoms with Gasteiger partial charge in [0.1, 0.15) is 4.90 Å². The molecule has 0 aliphatic heterocycles. The molecule has 4 nitrogen and oxygen atoms in total. The smallest absolute Gasteiger partial charge is 0.242 e. The fourth-order valence-corrected chi connectivity index (χ4v) is 4.03. The van der Waals surface area contributed by atoms with Crippen molar-refractivity contribution in [1.29, 1.82) is 0 Å². The second-order valence-corrected chi connectivity index (χ2v) is 7.14. The Morgan fingerprint density at radius 2 is 2.16 bits per heavy atom. The predicted octanol–water partition coefficient (Wildman–Crippen LogP) is 3.02. The van der Waals surface area contributed by atoms with E-state index in [9.17, 15) is 8.42 Å². The third-order valence-electron chi connectivity index (χ3n) is 2.36. The fourth-order valence-electron chi connectivity index (χ4n) is 1.40. The monoisotopic (exact) mass is 389 g/mol. The number of sulfonamides is 1. The maximum atomic E-state index is 12.2. The predicted molar refractivity (Wildman–Crippen MR) is 80.5 cm³/mol. The van der Waals surface area contributed by atoms with E-state index in [4.69, 9.17) is 27.9 Å². The average Bonchev–Trinajstić information content (AvgIpc) is 2.33. The van der Waals surface area contributed by atoms with Crippen molar-refractivity contribution in [3.8, 4) is 0 Å². The molecule has 0 saturated heterocycles. The van der Waals surface area contributed by atoms with Crippen LogP contribution < -0.4 is 4.72 Å². The number of rotatable bonds is 7. The Morgan fingerprint density at radius 3 is 2.68 bits per heavy atom. The minimum Gasteiger partial charge on any atom is -0.385 e. The number of hydrogen-bond acceptors (Lipinski definition) is 3. The van der Waals surface area contributed by atoms with Gasteiger partial charge in [0, 0.05) is 30.1 Å². The molecule has 0 amide bonds. The molecule has 0 aliphatic rings. The van der Waals surface area contributed by atoms with Crippen molar-refractivity contribution in [3.63, 3.8) is 0 Å². The first-order valence-electron chi connectivity index (χ1n) is 5.43. The third-order valence-corrected chi connectivity index (χ3v) is 5.23. The van der Waals surface area contributed by atoms with Crippen LogP contribution in [0.15, 0.2) is 27.6 Å². The highest BCUT2D eigenvalue weighted by Gasteiger charge is 2.22. The van der Waals surface area contributed by atoms with Crippen molar-refractivity contribution in [3.05, 3.63) is 27.7 Å². The number of benzene rings is 1. The molecule has 1 unspecified atom stereocenters. The summed E-state index contributed by atoms with van der Waals surface area (Å²) in [6, 6.07) is 4.19. The Bertz CT molecular complexity index is 525. The van der Waals surface area contributed by atoms with Crippen LogP contribution in [0.25, 0.3) is 0 Å².